The molecule has 0 unspecified atom stereocenters. The summed E-state index contributed by atoms with van der Waals surface area (Å²) in [6, 6.07) is 10.6. The first-order chi connectivity index (χ1) is 22.3. The summed E-state index contributed by atoms with van der Waals surface area (Å²) < 4.78 is 0. The van der Waals surface area contributed by atoms with E-state index in [1.807, 2.05) is 0 Å². The van der Waals surface area contributed by atoms with Crippen molar-refractivity contribution in [2.24, 2.45) is 16.6 Å². The molecule has 0 aliphatic rings. The maximum atomic E-state index is 12.5. The largest absolute Gasteiger partial charge is 0.594 e. The first-order valence-corrected chi connectivity index (χ1v) is 14.1. The Balaban J connectivity index is 1.90. The minimum atomic E-state index is -1.28. The Morgan fingerprint density at radius 1 is 0.702 bits per heavy atom. The zero-order valence-electron chi connectivity index (χ0n) is 25.0. The number of benzene rings is 2. The monoisotopic (exact) mass is 646 g/mol. The third-order valence-corrected chi connectivity index (χ3v) is 6.10. The first kappa shape index (κ1) is 36.8. The fourth-order valence-corrected chi connectivity index (χ4v) is 3.67. The van der Waals surface area contributed by atoms with Gasteiger partial charge >= 0.3 is 11.9 Å². The van der Waals surface area contributed by atoms with Gasteiger partial charge in [0.1, 0.15) is 17.8 Å². The van der Waals surface area contributed by atoms with E-state index in [2.05, 4.69) is 15.7 Å². The summed E-state index contributed by atoms with van der Waals surface area (Å²) in [5.74, 6) is -5.20. The molecule has 0 bridgehead atoms. The smallest absolute Gasteiger partial charge is 0.326 e. The second-order valence-electron chi connectivity index (χ2n) is 9.80. The van der Waals surface area contributed by atoms with Crippen molar-refractivity contribution in [2.45, 2.75) is 37.8 Å². The lowest BCUT2D eigenvalue weighted by atomic mass is 10.1. The Kier molecular flexibility index (Phi) is 15.0. The lowest BCUT2D eigenvalue weighted by molar-refractivity contribution is -0.435. The van der Waals surface area contributed by atoms with Gasteiger partial charge < -0.3 is 37.5 Å². The molecule has 15 nitrogen and oxygen atoms in total. The lowest BCUT2D eigenvalue weighted by Gasteiger charge is -2.11. The molecule has 0 saturated heterocycles. The summed E-state index contributed by atoms with van der Waals surface area (Å²) >= 11 is 0. The predicted molar refractivity (Wildman–Crippen MR) is 171 cm³/mol. The molecule has 0 fully saturated rings. The van der Waals surface area contributed by atoms with Gasteiger partial charge in [0.2, 0.25) is 29.3 Å². The lowest BCUT2D eigenvalue weighted by Crippen LogP contribution is -2.40. The number of hydrogen-bond donors (Lipinski definition) is 6. The highest BCUT2D eigenvalue weighted by Gasteiger charge is 2.20. The predicted octanol–water partition coefficient (Wildman–Crippen LogP) is 2.42. The Bertz CT molecular complexity index is 1590. The number of amides is 4. The molecule has 0 heterocycles. The summed E-state index contributed by atoms with van der Waals surface area (Å²) in [6.45, 7) is 0. The van der Waals surface area contributed by atoms with Gasteiger partial charge in [-0.05, 0) is 48.2 Å². The minimum absolute atomic E-state index is 0.120. The Morgan fingerprint density at radius 2 is 1.11 bits per heavy atom. The third kappa shape index (κ3) is 14.8. The van der Waals surface area contributed by atoms with Crippen molar-refractivity contribution in [3.63, 3.8) is 0 Å². The molecule has 0 saturated carbocycles. The van der Waals surface area contributed by atoms with E-state index in [1.165, 1.54) is 12.2 Å². The van der Waals surface area contributed by atoms with Gasteiger partial charge in [-0.25, -0.2) is 9.59 Å². The summed E-state index contributed by atoms with van der Waals surface area (Å²) in [7, 11) is 0. The number of hydrogen-bond acceptors (Lipinski definition) is 8. The van der Waals surface area contributed by atoms with Crippen molar-refractivity contribution in [2.75, 3.05) is 0 Å². The quantitative estimate of drug-likeness (QED) is 0.0456. The van der Waals surface area contributed by atoms with E-state index in [9.17, 15) is 34.0 Å². The third-order valence-electron chi connectivity index (χ3n) is 6.10. The van der Waals surface area contributed by atoms with Crippen LogP contribution in [0.25, 0.3) is 12.2 Å². The van der Waals surface area contributed by atoms with Crippen LogP contribution in [0, 0.1) is 5.21 Å². The van der Waals surface area contributed by atoms with Crippen LogP contribution in [0.15, 0.2) is 90.1 Å². The molecular weight excluding hydrogens is 612 g/mol. The molecule has 15 heteroatoms. The van der Waals surface area contributed by atoms with Crippen LogP contribution in [0.3, 0.4) is 0 Å². The number of azo groups is 1. The van der Waals surface area contributed by atoms with Gasteiger partial charge in [0, 0.05) is 42.2 Å². The molecule has 0 spiro atoms. The van der Waals surface area contributed by atoms with Crippen LogP contribution in [-0.2, 0) is 28.8 Å². The van der Waals surface area contributed by atoms with Crippen LogP contribution in [0.4, 0.5) is 11.4 Å². The van der Waals surface area contributed by atoms with Gasteiger partial charge in [0.15, 0.2) is 0 Å². The first-order valence-electron chi connectivity index (χ1n) is 14.1. The van der Waals surface area contributed by atoms with Crippen LogP contribution in [0.5, 0.6) is 0 Å². The Morgan fingerprint density at radius 3 is 1.49 bits per heavy atom. The van der Waals surface area contributed by atoms with E-state index in [0.717, 1.165) is 17.7 Å². The molecular formula is C32H34N6O9. The summed E-state index contributed by atoms with van der Waals surface area (Å²) in [5, 5.41) is 39.4. The maximum Gasteiger partial charge on any atom is 0.326 e. The average Bonchev–Trinajstić information content (AvgIpc) is 3.02. The molecule has 47 heavy (non-hydrogen) atoms. The second-order valence-corrected chi connectivity index (χ2v) is 9.80. The second kappa shape index (κ2) is 19.1. The highest BCUT2D eigenvalue weighted by atomic mass is 16.5. The molecule has 2 rings (SSSR count). The Hall–Kier alpha value is -6.38. The van der Waals surface area contributed by atoms with Crippen LogP contribution < -0.4 is 22.1 Å². The highest BCUT2D eigenvalue weighted by molar-refractivity contribution is 5.92. The number of rotatable bonds is 18. The van der Waals surface area contributed by atoms with Crippen LogP contribution in [-0.4, -0.2) is 62.7 Å². The summed E-state index contributed by atoms with van der Waals surface area (Å²) in [5.41, 5.74) is 12.1. The number of nitrogens with two attached hydrogens (primary N) is 2. The van der Waals surface area contributed by atoms with Gasteiger partial charge in [0.05, 0.1) is 0 Å². The van der Waals surface area contributed by atoms with Crippen LogP contribution in [0.2, 0.25) is 0 Å². The van der Waals surface area contributed by atoms with E-state index in [4.69, 9.17) is 21.7 Å². The number of aliphatic carboxylic acids is 2. The van der Waals surface area contributed by atoms with E-state index in [-0.39, 0.29) is 31.4 Å². The SMILES string of the molecule is NC(=O)CC[C@H](NC(=O)/C=C/C=C/c1ccc(N=[N+]([O-])c2ccc(/C=C/C=C/C(=O)N[C@@H](CCC(N)=O)C(=O)O)cc2)cc1)C(=O)O. The van der Waals surface area contributed by atoms with Gasteiger partial charge in [-0.3, -0.25) is 19.2 Å². The fraction of sp³-hybridized carbons (Fsp3) is 0.188. The van der Waals surface area contributed by atoms with Crippen molar-refractivity contribution >= 4 is 59.1 Å². The number of allylic oxidation sites excluding steroid dienone is 4. The number of nitrogens with one attached hydrogen (secondary N) is 2. The van der Waals surface area contributed by atoms with Gasteiger partial charge in [-0.2, -0.15) is 0 Å². The molecule has 0 radical (unpaired) electrons. The van der Waals surface area contributed by atoms with E-state index in [1.54, 1.807) is 72.8 Å². The highest BCUT2D eigenvalue weighted by Crippen LogP contribution is 2.19. The molecule has 4 amide bonds. The summed E-state index contributed by atoms with van der Waals surface area (Å²) in [4.78, 5) is 68.5. The van der Waals surface area contributed by atoms with Gasteiger partial charge in [-0.15, -0.1) is 0 Å². The zero-order valence-corrected chi connectivity index (χ0v) is 25.0. The number of carboxylic acid groups (broad SMARTS) is 2. The standard InChI is InChI=1S/C32H34N6O9/c33-27(39)19-17-25(31(43)44)35-29(41)7-3-1-5-21-9-13-23(14-10-21)37-38(47)24-15-11-22(12-16-24)6-2-4-8-30(42)36-26(32(45)46)18-20-28(34)40/h1-16,25-26H,17-20H2,(H2,33,39)(H2,34,40)(H,35,41)(H,36,42)(H,43,44)(H,45,46)/b5-1+,6-2+,7-3+,8-4+,38-37?/t25-,26-/m0/s1. The van der Waals surface area contributed by atoms with Crippen molar-refractivity contribution in [1.82, 2.24) is 10.6 Å². The molecule has 0 aliphatic carbocycles. The fourth-order valence-electron chi connectivity index (χ4n) is 3.67. The summed E-state index contributed by atoms with van der Waals surface area (Å²) in [6.07, 6.45) is 11.0. The van der Waals surface area contributed by atoms with E-state index in [0.29, 0.717) is 16.1 Å². The maximum absolute atomic E-state index is 12.5. The number of carbonyl (C=O) groups excluding carboxylic acids is 4. The number of nitrogens with zero attached hydrogens (tertiary/aromatic N) is 2. The minimum Gasteiger partial charge on any atom is -0.594 e. The molecule has 2 atom stereocenters. The number of carbonyl (C=O) groups is 6. The molecule has 0 aromatic heterocycles. The number of carboxylic acids is 2. The van der Waals surface area contributed by atoms with Gasteiger partial charge in [-0.1, -0.05) is 53.4 Å². The molecule has 8 N–H and O–H groups in total. The van der Waals surface area contributed by atoms with Gasteiger partial charge in [0.25, 0.3) is 0 Å². The van der Waals surface area contributed by atoms with E-state index >= 15 is 0 Å². The van der Waals surface area contributed by atoms with E-state index < -0.39 is 47.7 Å². The number of primary amides is 2. The topological polar surface area (TPSA) is 257 Å². The van der Waals surface area contributed by atoms with Crippen LogP contribution >= 0.6 is 0 Å². The molecule has 0 aliphatic heterocycles. The molecule has 2 aromatic carbocycles. The van der Waals surface area contributed by atoms with Crippen molar-refractivity contribution in [3.8, 4) is 0 Å². The van der Waals surface area contributed by atoms with Crippen molar-refractivity contribution < 1.29 is 43.8 Å². The Labute approximate surface area is 269 Å². The molecule has 246 valence electrons. The van der Waals surface area contributed by atoms with Crippen LogP contribution in [0.1, 0.15) is 36.8 Å². The van der Waals surface area contributed by atoms with Crippen molar-refractivity contribution in [1.29, 1.82) is 0 Å². The molecule has 2 aromatic rings. The zero-order chi connectivity index (χ0) is 34.8. The van der Waals surface area contributed by atoms with Crippen molar-refractivity contribution in [3.05, 3.63) is 101 Å². The normalized spacial score (nSPS) is 13.1. The average molecular weight is 647 g/mol.